The van der Waals surface area contributed by atoms with Crippen molar-refractivity contribution in [2.45, 2.75) is 32.6 Å². The fraction of sp³-hybridized carbons (Fsp3) is 0.360. The first-order valence-corrected chi connectivity index (χ1v) is 11.5. The van der Waals surface area contributed by atoms with Gasteiger partial charge in [-0.05, 0) is 37.1 Å². The van der Waals surface area contributed by atoms with Crippen LogP contribution in [-0.2, 0) is 0 Å². The molecule has 0 aliphatic carbocycles. The highest BCUT2D eigenvalue weighted by atomic mass is 16.3. The Morgan fingerprint density at radius 2 is 1.91 bits per heavy atom. The molecule has 0 spiro atoms. The molecule has 0 saturated carbocycles. The Bertz CT molecular complexity index is 1230. The van der Waals surface area contributed by atoms with Crippen LogP contribution in [0.1, 0.15) is 49.0 Å². The quantitative estimate of drug-likeness (QED) is 0.457. The van der Waals surface area contributed by atoms with E-state index in [0.29, 0.717) is 25.4 Å². The van der Waals surface area contributed by atoms with E-state index >= 15 is 0 Å². The Morgan fingerprint density at radius 1 is 1.06 bits per heavy atom. The van der Waals surface area contributed by atoms with Crippen molar-refractivity contribution in [2.24, 2.45) is 0 Å². The van der Waals surface area contributed by atoms with E-state index in [-0.39, 0.29) is 11.8 Å². The molecule has 170 valence electrons. The molecule has 1 aliphatic heterocycles. The lowest BCUT2D eigenvalue weighted by Gasteiger charge is -2.24. The number of aromatic nitrogens is 4. The smallest absolute Gasteiger partial charge is 0.289 e. The van der Waals surface area contributed by atoms with Gasteiger partial charge in [-0.1, -0.05) is 32.0 Å². The molecule has 1 saturated heterocycles. The van der Waals surface area contributed by atoms with Gasteiger partial charge in [0.2, 0.25) is 0 Å². The molecular weight excluding hydrogens is 416 g/mol. The summed E-state index contributed by atoms with van der Waals surface area (Å²) in [6.45, 7) is 7.10. The molecule has 8 heteroatoms. The Labute approximate surface area is 192 Å². The molecule has 1 fully saturated rings. The number of amides is 1. The van der Waals surface area contributed by atoms with E-state index in [4.69, 9.17) is 14.4 Å². The average Bonchev–Trinajstić information content (AvgIpc) is 3.48. The summed E-state index contributed by atoms with van der Waals surface area (Å²) in [5.41, 5.74) is 1.78. The van der Waals surface area contributed by atoms with E-state index in [9.17, 15) is 4.79 Å². The first-order chi connectivity index (χ1) is 16.2. The van der Waals surface area contributed by atoms with Crippen molar-refractivity contribution in [1.82, 2.24) is 24.6 Å². The van der Waals surface area contributed by atoms with Gasteiger partial charge < -0.3 is 14.2 Å². The maximum Gasteiger partial charge on any atom is 0.289 e. The monoisotopic (exact) mass is 444 g/mol. The summed E-state index contributed by atoms with van der Waals surface area (Å²) in [5.74, 6) is 2.27. The van der Waals surface area contributed by atoms with Crippen molar-refractivity contribution >= 4 is 22.8 Å². The van der Waals surface area contributed by atoms with Crippen LogP contribution in [0.25, 0.3) is 16.7 Å². The normalized spacial score (nSPS) is 15.6. The maximum absolute atomic E-state index is 12.8. The van der Waals surface area contributed by atoms with Crippen LogP contribution < -0.4 is 4.90 Å². The number of hydrogen-bond acceptors (Lipinski definition) is 6. The fourth-order valence-electron chi connectivity index (χ4n) is 4.20. The van der Waals surface area contributed by atoms with Crippen molar-refractivity contribution in [1.29, 1.82) is 0 Å². The fourth-order valence-corrected chi connectivity index (χ4v) is 4.20. The van der Waals surface area contributed by atoms with Gasteiger partial charge in [-0.2, -0.15) is 5.10 Å². The number of benzene rings is 1. The highest BCUT2D eigenvalue weighted by molar-refractivity contribution is 5.91. The van der Waals surface area contributed by atoms with Gasteiger partial charge in [0.05, 0.1) is 23.5 Å². The molecule has 1 atom stereocenters. The second-order valence-electron chi connectivity index (χ2n) is 8.45. The highest BCUT2D eigenvalue weighted by Gasteiger charge is 2.25. The van der Waals surface area contributed by atoms with Crippen molar-refractivity contribution in [3.05, 3.63) is 66.5 Å². The van der Waals surface area contributed by atoms with Crippen molar-refractivity contribution in [3.63, 3.8) is 0 Å². The van der Waals surface area contributed by atoms with Crippen molar-refractivity contribution < 1.29 is 9.21 Å². The summed E-state index contributed by atoms with van der Waals surface area (Å²) >= 11 is 0. The lowest BCUT2D eigenvalue weighted by Crippen LogP contribution is -2.35. The predicted molar refractivity (Wildman–Crippen MR) is 127 cm³/mol. The molecule has 1 aliphatic rings. The third-order valence-electron chi connectivity index (χ3n) is 6.29. The number of anilines is 1. The molecule has 0 unspecified atom stereocenters. The molecule has 8 nitrogen and oxygen atoms in total. The first-order valence-electron chi connectivity index (χ1n) is 11.5. The molecule has 5 rings (SSSR count). The molecule has 0 bridgehead atoms. The van der Waals surface area contributed by atoms with Gasteiger partial charge in [-0.3, -0.25) is 4.79 Å². The van der Waals surface area contributed by atoms with Crippen LogP contribution in [-0.4, -0.2) is 56.7 Å². The summed E-state index contributed by atoms with van der Waals surface area (Å²) in [6, 6.07) is 13.5. The summed E-state index contributed by atoms with van der Waals surface area (Å²) in [4.78, 5) is 26.8. The van der Waals surface area contributed by atoms with Crippen LogP contribution in [0.3, 0.4) is 0 Å². The van der Waals surface area contributed by atoms with Gasteiger partial charge in [-0.25, -0.2) is 14.6 Å². The number of hydrogen-bond donors (Lipinski definition) is 0. The maximum atomic E-state index is 12.8. The van der Waals surface area contributed by atoms with Crippen LogP contribution in [0.5, 0.6) is 0 Å². The Balaban J connectivity index is 1.50. The van der Waals surface area contributed by atoms with Gasteiger partial charge in [0.1, 0.15) is 11.6 Å². The molecule has 33 heavy (non-hydrogen) atoms. The number of furan rings is 1. The van der Waals surface area contributed by atoms with Gasteiger partial charge in [-0.15, -0.1) is 0 Å². The van der Waals surface area contributed by atoms with E-state index in [0.717, 1.165) is 47.7 Å². The summed E-state index contributed by atoms with van der Waals surface area (Å²) < 4.78 is 7.21. The third kappa shape index (κ3) is 4.08. The number of carbonyl (C=O) groups is 1. The van der Waals surface area contributed by atoms with Crippen LogP contribution in [0.2, 0.25) is 0 Å². The Morgan fingerprint density at radius 3 is 2.67 bits per heavy atom. The zero-order valence-electron chi connectivity index (χ0n) is 19.0. The van der Waals surface area contributed by atoms with E-state index in [2.05, 4.69) is 23.8 Å². The van der Waals surface area contributed by atoms with E-state index < -0.39 is 0 Å². The summed E-state index contributed by atoms with van der Waals surface area (Å²) in [5, 5.41) is 5.59. The minimum absolute atomic E-state index is 0.0631. The Kier molecular flexibility index (Phi) is 5.81. The standard InChI is InChI=1S/C25H28N6O2/c1-3-18(2)22-27-23(20-17-26-31(24(20)28-22)19-9-5-4-6-10-19)29-12-8-13-30(15-14-29)25(32)21-11-7-16-33-21/h4-7,9-11,16-18H,3,8,12-15H2,1-2H3/t18-/m1/s1. The highest BCUT2D eigenvalue weighted by Crippen LogP contribution is 2.29. The van der Waals surface area contributed by atoms with Crippen molar-refractivity contribution in [3.8, 4) is 5.69 Å². The summed E-state index contributed by atoms with van der Waals surface area (Å²) in [6.07, 6.45) is 5.20. The Hall–Kier alpha value is -3.68. The molecule has 3 aromatic heterocycles. The van der Waals surface area contributed by atoms with Crippen LogP contribution in [0.15, 0.2) is 59.3 Å². The van der Waals surface area contributed by atoms with Gasteiger partial charge in [0.25, 0.3) is 5.91 Å². The van der Waals surface area contributed by atoms with Crippen molar-refractivity contribution in [2.75, 3.05) is 31.1 Å². The molecule has 1 aromatic carbocycles. The lowest BCUT2D eigenvalue weighted by molar-refractivity contribution is 0.0735. The third-order valence-corrected chi connectivity index (χ3v) is 6.29. The molecular formula is C25H28N6O2. The SMILES string of the molecule is CC[C@@H](C)c1nc(N2CCCN(C(=O)c3ccco3)CC2)c2cnn(-c3ccccc3)c2n1. The van der Waals surface area contributed by atoms with Gasteiger partial charge in [0.15, 0.2) is 11.4 Å². The van der Waals surface area contributed by atoms with E-state index in [1.165, 1.54) is 6.26 Å². The number of nitrogens with zero attached hydrogens (tertiary/aromatic N) is 6. The molecule has 1 amide bonds. The molecule has 0 N–H and O–H groups in total. The minimum Gasteiger partial charge on any atom is -0.459 e. The van der Waals surface area contributed by atoms with Crippen LogP contribution in [0, 0.1) is 0 Å². The first kappa shape index (κ1) is 21.2. The van der Waals surface area contributed by atoms with E-state index in [1.54, 1.807) is 12.1 Å². The largest absolute Gasteiger partial charge is 0.459 e. The number of rotatable bonds is 5. The summed E-state index contributed by atoms with van der Waals surface area (Å²) in [7, 11) is 0. The van der Waals surface area contributed by atoms with Gasteiger partial charge >= 0.3 is 0 Å². The molecule has 4 aromatic rings. The zero-order chi connectivity index (χ0) is 22.8. The number of fused-ring (bicyclic) bond motifs is 1. The molecule has 0 radical (unpaired) electrons. The second kappa shape index (κ2) is 9.05. The zero-order valence-corrected chi connectivity index (χ0v) is 19.0. The van der Waals surface area contributed by atoms with Gasteiger partial charge in [0, 0.05) is 32.1 Å². The van der Waals surface area contributed by atoms with Crippen LogP contribution >= 0.6 is 0 Å². The topological polar surface area (TPSA) is 80.3 Å². The molecule has 4 heterocycles. The second-order valence-corrected chi connectivity index (χ2v) is 8.45. The lowest BCUT2D eigenvalue weighted by atomic mass is 10.1. The average molecular weight is 445 g/mol. The van der Waals surface area contributed by atoms with E-state index in [1.807, 2.05) is 46.1 Å². The number of carbonyl (C=O) groups excluding carboxylic acids is 1. The predicted octanol–water partition coefficient (Wildman–Crippen LogP) is 4.27. The number of para-hydroxylation sites is 1. The minimum atomic E-state index is -0.0631. The van der Waals surface area contributed by atoms with Crippen LogP contribution in [0.4, 0.5) is 5.82 Å².